The number of nitrogens with two attached hydrogens (primary N) is 1. The van der Waals surface area contributed by atoms with Crippen LogP contribution in [0.3, 0.4) is 0 Å². The van der Waals surface area contributed by atoms with Crippen molar-refractivity contribution >= 4 is 69.6 Å². The standard InChI is InChI=1S/C40H52ClN5O7S.C12H22N2O4.C9H17NO3.C7H14N2O2/c1-25-7-5-9-35(51-4)32-13-10-28(32)21-46-23-40(16-6-8-26-17-29(41)12-14-33(26)40)24-52-36-15-11-27(18-34(36)46)37(47)43-54(50,22-25)44-38(48)42-30-19-31(20-30)53-39(49)45(2)3;1-12(2,3)18-10(15)13-8-6-9(7-8)17-11(16)14(4)5;1-9(2,3)13-8(12)10-6-4-7(11)5-6;1-9(2)7(10)11-6-3-5(8)4-6/h5,9,11-12,14-15,17-18,25,28,30-32,35H,6-8,10,13,16,19-24H2,1-4H3,(H2,42,43,44,47,48,50);8-9H,6-7H2,1-5H3,(H,13,15);6-7,11H,4-5H2,1-3H3,(H,10,12);5-6H,3-4,8H2,1-2H3/b9-5+;;;/t25-,28-,30?,31?,32+,35-,40-,54?;;;/m0.../s1. The highest BCUT2D eigenvalue weighted by molar-refractivity contribution is 7.92. The monoisotopic (exact) mass is 1380 g/mol. The molecule has 2 aliphatic heterocycles. The number of benzene rings is 2. The van der Waals surface area contributed by atoms with Gasteiger partial charge in [0.05, 0.1) is 30.3 Å². The molecule has 0 aromatic heterocycles. The molecule has 2 heterocycles. The number of allylic oxidation sites excluding steroid dienone is 1. The Bertz CT molecular complexity index is 3200. The summed E-state index contributed by atoms with van der Waals surface area (Å²) in [4.78, 5) is 90.5. The molecule has 536 valence electrons. The summed E-state index contributed by atoms with van der Waals surface area (Å²) in [7, 11) is 8.01. The van der Waals surface area contributed by atoms with Gasteiger partial charge >= 0.3 is 36.5 Å². The van der Waals surface area contributed by atoms with Crippen LogP contribution in [0, 0.1) is 17.8 Å². The number of ether oxygens (including phenoxy) is 7. The van der Waals surface area contributed by atoms with Crippen LogP contribution in [0.1, 0.15) is 153 Å². The van der Waals surface area contributed by atoms with Crippen LogP contribution in [0.4, 0.5) is 34.5 Å². The number of rotatable bonds is 8. The highest BCUT2D eigenvalue weighted by atomic mass is 35.5. The highest BCUT2D eigenvalue weighted by Crippen LogP contribution is 2.47. The van der Waals surface area contributed by atoms with Gasteiger partial charge in [-0.25, -0.2) is 33.0 Å². The van der Waals surface area contributed by atoms with E-state index in [0.717, 1.165) is 62.2 Å². The maximum atomic E-state index is 14.5. The van der Waals surface area contributed by atoms with Crippen molar-refractivity contribution in [2.24, 2.45) is 27.9 Å². The topological polar surface area (TPSA) is 321 Å². The number of alkyl carbamates (subject to hydrolysis) is 2. The van der Waals surface area contributed by atoms with E-state index in [9.17, 15) is 37.8 Å². The number of methoxy groups -OCH3 is 1. The molecule has 7 N–H and O–H groups in total. The molecule has 5 saturated carbocycles. The van der Waals surface area contributed by atoms with Gasteiger partial charge in [-0.2, -0.15) is 0 Å². The van der Waals surface area contributed by atoms with Crippen molar-refractivity contribution in [3.8, 4) is 5.75 Å². The largest absolute Gasteiger partial charge is 0.490 e. The summed E-state index contributed by atoms with van der Waals surface area (Å²) in [6.45, 7) is 14.8. The Hall–Kier alpha value is -6.81. The van der Waals surface area contributed by atoms with Gasteiger partial charge in [0.1, 0.15) is 45.2 Å². The van der Waals surface area contributed by atoms with E-state index in [4.69, 9.17) is 55.6 Å². The molecule has 10 rings (SSSR count). The van der Waals surface area contributed by atoms with E-state index in [1.165, 1.54) is 25.8 Å². The Morgan fingerprint density at radius 2 is 1.30 bits per heavy atom. The molecule has 1 spiro atoms. The average molecular weight is 1390 g/mol. The number of carbonyl (C=O) groups excluding carboxylic acids is 7. The number of nitrogens with zero attached hydrogens (tertiary/aromatic N) is 5. The number of carbonyl (C=O) groups is 7. The van der Waals surface area contributed by atoms with Crippen molar-refractivity contribution in [2.75, 3.05) is 79.7 Å². The Morgan fingerprint density at radius 3 is 1.80 bits per heavy atom. The number of halogens is 1. The lowest BCUT2D eigenvalue weighted by atomic mass is 9.68. The fraction of sp³-hybridized carbons (Fsp3) is 0.691. The third kappa shape index (κ3) is 22.6. The zero-order chi connectivity index (χ0) is 70.6. The van der Waals surface area contributed by atoms with Crippen molar-refractivity contribution in [3.05, 3.63) is 70.3 Å². The Kier molecular flexibility index (Phi) is 26.4. The molecule has 96 heavy (non-hydrogen) atoms. The third-order valence-corrected chi connectivity index (χ3v) is 20.1. The van der Waals surface area contributed by atoms with Gasteiger partial charge in [-0.15, -0.1) is 4.36 Å². The lowest BCUT2D eigenvalue weighted by Crippen LogP contribution is -2.53. The number of hydrogen-bond donors (Lipinski definition) is 6. The van der Waals surface area contributed by atoms with Crippen LogP contribution in [0.2, 0.25) is 5.02 Å². The highest BCUT2D eigenvalue weighted by Gasteiger charge is 2.45. The first-order chi connectivity index (χ1) is 45.0. The molecule has 1 unspecified atom stereocenters. The maximum absolute atomic E-state index is 14.5. The molecule has 6 aliphatic carbocycles. The third-order valence-electron chi connectivity index (χ3n) is 17.9. The molecular weight excluding hydrogens is 1280 g/mol. The van der Waals surface area contributed by atoms with Gasteiger partial charge in [-0.3, -0.25) is 9.52 Å². The van der Waals surface area contributed by atoms with Crippen molar-refractivity contribution in [1.82, 2.24) is 35.4 Å². The minimum Gasteiger partial charge on any atom is -0.490 e. The molecule has 0 saturated heterocycles. The van der Waals surface area contributed by atoms with Gasteiger partial charge in [0.25, 0.3) is 5.91 Å². The minimum absolute atomic E-state index is 0.0276. The van der Waals surface area contributed by atoms with Gasteiger partial charge in [0, 0.05) is 128 Å². The van der Waals surface area contributed by atoms with E-state index < -0.39 is 51.3 Å². The maximum Gasteiger partial charge on any atom is 0.409 e. The van der Waals surface area contributed by atoms with Gasteiger partial charge in [-0.05, 0) is 165 Å². The number of hydrogen-bond acceptors (Lipinski definition) is 18. The number of urea groups is 1. The van der Waals surface area contributed by atoms with E-state index in [1.54, 1.807) is 55.5 Å². The summed E-state index contributed by atoms with van der Waals surface area (Å²) in [5.41, 5.74) is 7.88. The molecular formula is C68H105ClN10O16S. The summed E-state index contributed by atoms with van der Waals surface area (Å²) in [6, 6.07) is 10.9. The molecule has 5 fully saturated rings. The molecule has 2 bridgehead atoms. The molecule has 6 atom stereocenters. The summed E-state index contributed by atoms with van der Waals surface area (Å²) in [6.07, 6.45) is 12.2. The second kappa shape index (κ2) is 33.2. The van der Waals surface area contributed by atoms with E-state index in [2.05, 4.69) is 54.2 Å². The van der Waals surface area contributed by atoms with Gasteiger partial charge in [0.15, 0.2) is 0 Å². The quantitative estimate of drug-likeness (QED) is 0.106. The molecule has 28 heteroatoms. The van der Waals surface area contributed by atoms with Crippen molar-refractivity contribution in [2.45, 2.75) is 210 Å². The van der Waals surface area contributed by atoms with Crippen LogP contribution >= 0.6 is 11.6 Å². The van der Waals surface area contributed by atoms with Crippen LogP contribution in [-0.2, 0) is 50.2 Å². The first-order valence-corrected chi connectivity index (χ1v) is 35.5. The van der Waals surface area contributed by atoms with E-state index in [1.807, 2.05) is 66.7 Å². The lowest BCUT2D eigenvalue weighted by molar-refractivity contribution is 0.00926. The Morgan fingerprint density at radius 1 is 0.760 bits per heavy atom. The number of amides is 8. The summed E-state index contributed by atoms with van der Waals surface area (Å²) in [5, 5.41) is 17.9. The summed E-state index contributed by atoms with van der Waals surface area (Å²) < 4.78 is 59.8. The van der Waals surface area contributed by atoms with Crippen LogP contribution in [-0.4, -0.2) is 207 Å². The second-order valence-electron chi connectivity index (χ2n) is 29.4. The van der Waals surface area contributed by atoms with Crippen molar-refractivity contribution in [3.63, 3.8) is 0 Å². The number of aliphatic hydroxyl groups is 1. The van der Waals surface area contributed by atoms with E-state index >= 15 is 0 Å². The smallest absolute Gasteiger partial charge is 0.409 e. The second-order valence-corrected chi connectivity index (χ2v) is 31.9. The molecule has 2 aromatic rings. The fourth-order valence-electron chi connectivity index (χ4n) is 12.4. The molecule has 2 aromatic carbocycles. The zero-order valence-electron chi connectivity index (χ0n) is 58.4. The zero-order valence-corrected chi connectivity index (χ0v) is 60.0. The first-order valence-electron chi connectivity index (χ1n) is 33.4. The van der Waals surface area contributed by atoms with Crippen LogP contribution in [0.25, 0.3) is 0 Å². The summed E-state index contributed by atoms with van der Waals surface area (Å²) >= 11 is 6.46. The van der Waals surface area contributed by atoms with Crippen molar-refractivity contribution < 1.29 is 76.0 Å². The van der Waals surface area contributed by atoms with Crippen molar-refractivity contribution in [1.29, 1.82) is 0 Å². The Labute approximate surface area is 571 Å². The molecule has 8 amide bonds. The molecule has 0 radical (unpaired) electrons. The SMILES string of the molecule is CC(C)(C)OC(=O)NC1CC(O)C1.CN(C)C(=O)OC1CC(N)C1.CN(C)C(=O)OC1CC(NC(=O)OC(C)(C)C)C1.CO[C@H]1/C=C/C[C@H](C)CS(=O)(NC(=O)NC2CC(OC(=O)N(C)C)C2)=NC(=O)c2ccc3c(c2)N(C[C@@H]2CC[C@H]21)C[C@@]1(CCCc2cc(Cl)ccc21)CO3. The lowest BCUT2D eigenvalue weighted by Gasteiger charge is -2.46. The van der Waals surface area contributed by atoms with E-state index in [-0.39, 0.29) is 89.5 Å². The number of nitrogens with one attached hydrogen (secondary N) is 4. The van der Waals surface area contributed by atoms with Crippen LogP contribution < -0.4 is 36.0 Å². The van der Waals surface area contributed by atoms with Gasteiger partial charge in [-0.1, -0.05) is 36.7 Å². The van der Waals surface area contributed by atoms with E-state index in [0.29, 0.717) is 75.7 Å². The van der Waals surface area contributed by atoms with Gasteiger partial charge in [0.2, 0.25) is 0 Å². The predicted octanol–water partition coefficient (Wildman–Crippen LogP) is 9.45. The minimum atomic E-state index is -3.57. The number of aryl methyl sites for hydroxylation is 1. The first kappa shape index (κ1) is 76.6. The molecule has 26 nitrogen and oxygen atoms in total. The number of aliphatic hydroxyl groups excluding tert-OH is 1. The predicted molar refractivity (Wildman–Crippen MR) is 364 cm³/mol. The number of fused-ring (bicyclic) bond motifs is 4. The number of anilines is 1. The van der Waals surface area contributed by atoms with Crippen LogP contribution in [0.5, 0.6) is 5.75 Å². The van der Waals surface area contributed by atoms with Crippen LogP contribution in [0.15, 0.2) is 52.9 Å². The fourth-order valence-corrected chi connectivity index (χ4v) is 14.4. The molecule has 8 aliphatic rings. The average Bonchev–Trinajstić information content (AvgIpc) is 1.60. The Balaban J connectivity index is 0.000000248. The summed E-state index contributed by atoms with van der Waals surface area (Å²) in [5.74, 6) is 0.508. The normalized spacial score (nSPS) is 29.6. The van der Waals surface area contributed by atoms with Gasteiger partial charge < -0.3 is 79.5 Å².